The van der Waals surface area contributed by atoms with E-state index in [0.717, 1.165) is 22.3 Å². The summed E-state index contributed by atoms with van der Waals surface area (Å²) >= 11 is 0. The third-order valence-corrected chi connectivity index (χ3v) is 7.08. The molecule has 4 aromatic rings. The molecule has 1 amide bonds. The zero-order valence-corrected chi connectivity index (χ0v) is 22.0. The van der Waals surface area contributed by atoms with E-state index in [-0.39, 0.29) is 18.4 Å². The van der Waals surface area contributed by atoms with Crippen LogP contribution in [-0.4, -0.2) is 65.2 Å². The molecular formula is C29H29N7O4. The Morgan fingerprint density at radius 3 is 2.50 bits per heavy atom. The largest absolute Gasteiger partial charge is 0.478 e. The highest BCUT2D eigenvalue weighted by molar-refractivity contribution is 5.98. The van der Waals surface area contributed by atoms with E-state index in [1.165, 1.54) is 15.8 Å². The summed E-state index contributed by atoms with van der Waals surface area (Å²) in [6.45, 7) is 2.51. The van der Waals surface area contributed by atoms with E-state index >= 15 is 0 Å². The maximum absolute atomic E-state index is 13.2. The molecule has 11 heteroatoms. The van der Waals surface area contributed by atoms with Crippen molar-refractivity contribution in [3.8, 4) is 22.5 Å². The lowest BCUT2D eigenvalue weighted by atomic mass is 9.98. The number of tetrazole rings is 1. The van der Waals surface area contributed by atoms with E-state index < -0.39 is 11.6 Å². The Hall–Kier alpha value is -4.77. The molecule has 5 rings (SSSR count). The van der Waals surface area contributed by atoms with Crippen LogP contribution in [0.2, 0.25) is 0 Å². The molecule has 1 aliphatic rings. The number of hydrogen-bond donors (Lipinski definition) is 2. The first kappa shape index (κ1) is 26.8. The van der Waals surface area contributed by atoms with Gasteiger partial charge in [-0.3, -0.25) is 19.9 Å². The van der Waals surface area contributed by atoms with E-state index in [0.29, 0.717) is 43.6 Å². The van der Waals surface area contributed by atoms with E-state index in [1.54, 1.807) is 18.3 Å². The predicted octanol–water partition coefficient (Wildman–Crippen LogP) is 3.65. The average molecular weight is 540 g/mol. The van der Waals surface area contributed by atoms with Gasteiger partial charge in [0.2, 0.25) is 5.91 Å². The summed E-state index contributed by atoms with van der Waals surface area (Å²) in [6.07, 6.45) is 4.91. The quantitative estimate of drug-likeness (QED) is 0.305. The number of carbonyl (C=O) groups excluding carboxylic acids is 2. The maximum Gasteiger partial charge on any atom is 0.344 e. The summed E-state index contributed by atoms with van der Waals surface area (Å²) in [5.74, 6) is -1.26. The molecule has 0 radical (unpaired) electrons. The fraction of sp³-hybridized carbons (Fsp3) is 0.276. The summed E-state index contributed by atoms with van der Waals surface area (Å²) < 4.78 is 1.24. The molecule has 1 unspecified atom stereocenters. The lowest BCUT2D eigenvalue weighted by molar-refractivity contribution is -0.150. The van der Waals surface area contributed by atoms with Crippen LogP contribution in [-0.2, 0) is 11.3 Å². The van der Waals surface area contributed by atoms with Crippen molar-refractivity contribution in [1.29, 1.82) is 0 Å². The van der Waals surface area contributed by atoms with Crippen LogP contribution in [0.4, 0.5) is 0 Å². The number of pyridine rings is 1. The van der Waals surface area contributed by atoms with Gasteiger partial charge in [0, 0.05) is 37.5 Å². The lowest BCUT2D eigenvalue weighted by Crippen LogP contribution is -2.62. The number of aliphatic carboxylic acids is 1. The van der Waals surface area contributed by atoms with Crippen molar-refractivity contribution in [2.75, 3.05) is 6.54 Å². The Bertz CT molecular complexity index is 1520. The van der Waals surface area contributed by atoms with Crippen molar-refractivity contribution < 1.29 is 19.5 Å². The number of carboxylic acid groups (broad SMARTS) is 1. The summed E-state index contributed by atoms with van der Waals surface area (Å²) in [5, 5.41) is 25.1. The number of carboxylic acids is 1. The number of nitrogens with zero attached hydrogens (tertiary/aromatic N) is 6. The van der Waals surface area contributed by atoms with Gasteiger partial charge < -0.3 is 10.0 Å². The first-order valence-corrected chi connectivity index (χ1v) is 13.2. The first-order valence-electron chi connectivity index (χ1n) is 13.2. The number of hydrogen-bond acceptors (Lipinski definition) is 8. The van der Waals surface area contributed by atoms with Gasteiger partial charge in [-0.2, -0.15) is 4.68 Å². The van der Waals surface area contributed by atoms with E-state index in [9.17, 15) is 19.5 Å². The second-order valence-electron chi connectivity index (χ2n) is 9.62. The number of rotatable bonds is 9. The zero-order chi connectivity index (χ0) is 28.1. The number of likely N-dealkylation sites (tertiary alicyclic amines) is 1. The van der Waals surface area contributed by atoms with Crippen LogP contribution in [0.15, 0.2) is 73.1 Å². The topological polar surface area (TPSA) is 143 Å². The molecule has 11 nitrogen and oxygen atoms in total. The van der Waals surface area contributed by atoms with Gasteiger partial charge in [0.1, 0.15) is 0 Å². The van der Waals surface area contributed by atoms with E-state index in [2.05, 4.69) is 25.8 Å². The maximum atomic E-state index is 13.2. The molecule has 2 N–H and O–H groups in total. The molecule has 0 bridgehead atoms. The molecule has 1 saturated heterocycles. The van der Waals surface area contributed by atoms with Gasteiger partial charge in [0.05, 0.1) is 5.56 Å². The van der Waals surface area contributed by atoms with Crippen LogP contribution in [0.3, 0.4) is 0 Å². The third-order valence-electron chi connectivity index (χ3n) is 7.08. The average Bonchev–Trinajstić information content (AvgIpc) is 3.65. The Labute approximate surface area is 230 Å². The van der Waals surface area contributed by atoms with Crippen molar-refractivity contribution in [3.05, 3.63) is 84.2 Å². The SMILES string of the molecule is CCCC(=O)n1nnnc1-c1ccccc1-c1ccc(CNC2(C(=O)O)CCCN2C(=O)c2cccnc2)cc1. The summed E-state index contributed by atoms with van der Waals surface area (Å²) in [4.78, 5) is 43.6. The van der Waals surface area contributed by atoms with Gasteiger partial charge in [-0.15, -0.1) is 5.10 Å². The van der Waals surface area contributed by atoms with Gasteiger partial charge >= 0.3 is 5.97 Å². The van der Waals surface area contributed by atoms with Gasteiger partial charge in [0.25, 0.3) is 5.91 Å². The molecule has 1 fully saturated rings. The highest BCUT2D eigenvalue weighted by atomic mass is 16.4. The monoisotopic (exact) mass is 539 g/mol. The Morgan fingerprint density at radius 1 is 1.02 bits per heavy atom. The Balaban J connectivity index is 1.36. The Kier molecular flexibility index (Phi) is 7.74. The standard InChI is InChI=1S/C29H29N7O4/c1-2-7-25(37)36-26(32-33-34-36)24-10-4-3-9-23(24)21-13-11-20(12-14-21)18-31-29(28(39)40)15-6-17-35(29)27(38)22-8-5-16-30-19-22/h3-5,8-14,16,19,31H,2,6-7,15,17-18H2,1H3,(H,39,40). The number of carbonyl (C=O) groups is 3. The van der Waals surface area contributed by atoms with Crippen molar-refractivity contribution >= 4 is 17.8 Å². The van der Waals surface area contributed by atoms with Gasteiger partial charge in [-0.05, 0) is 58.5 Å². The van der Waals surface area contributed by atoms with Crippen LogP contribution < -0.4 is 5.32 Å². The van der Waals surface area contributed by atoms with Crippen LogP contribution in [0, 0.1) is 0 Å². The van der Waals surface area contributed by atoms with E-state index in [1.807, 2.05) is 55.5 Å². The minimum absolute atomic E-state index is 0.172. The number of nitrogens with one attached hydrogen (secondary N) is 1. The van der Waals surface area contributed by atoms with Gasteiger partial charge in [-0.25, -0.2) is 4.79 Å². The molecule has 40 heavy (non-hydrogen) atoms. The minimum Gasteiger partial charge on any atom is -0.478 e. The van der Waals surface area contributed by atoms with Crippen molar-refractivity contribution in [3.63, 3.8) is 0 Å². The predicted molar refractivity (Wildman–Crippen MR) is 146 cm³/mol. The number of amides is 1. The molecule has 0 aliphatic carbocycles. The fourth-order valence-electron chi connectivity index (χ4n) is 5.04. The van der Waals surface area contributed by atoms with Crippen molar-refractivity contribution in [2.24, 2.45) is 0 Å². The number of benzene rings is 2. The molecule has 204 valence electrons. The third kappa shape index (κ3) is 5.10. The summed E-state index contributed by atoms with van der Waals surface area (Å²) in [6, 6.07) is 18.5. The first-order chi connectivity index (χ1) is 19.4. The fourth-order valence-corrected chi connectivity index (χ4v) is 5.04. The highest BCUT2D eigenvalue weighted by Gasteiger charge is 2.50. The molecule has 2 aromatic heterocycles. The van der Waals surface area contributed by atoms with Gasteiger partial charge in [0.15, 0.2) is 11.5 Å². The molecular weight excluding hydrogens is 510 g/mol. The van der Waals surface area contributed by atoms with Crippen LogP contribution in [0.25, 0.3) is 22.5 Å². The second-order valence-corrected chi connectivity index (χ2v) is 9.62. The second kappa shape index (κ2) is 11.5. The molecule has 1 aliphatic heterocycles. The van der Waals surface area contributed by atoms with Crippen LogP contribution in [0.5, 0.6) is 0 Å². The molecule has 0 saturated carbocycles. The molecule has 0 spiro atoms. The van der Waals surface area contributed by atoms with Crippen LogP contribution >= 0.6 is 0 Å². The Morgan fingerprint density at radius 2 is 1.80 bits per heavy atom. The minimum atomic E-state index is -1.51. The summed E-state index contributed by atoms with van der Waals surface area (Å²) in [7, 11) is 0. The lowest BCUT2D eigenvalue weighted by Gasteiger charge is -2.35. The van der Waals surface area contributed by atoms with Crippen molar-refractivity contribution in [1.82, 2.24) is 35.4 Å². The molecule has 3 heterocycles. The van der Waals surface area contributed by atoms with E-state index in [4.69, 9.17) is 0 Å². The summed E-state index contributed by atoms with van der Waals surface area (Å²) in [5.41, 5.74) is 2.16. The smallest absolute Gasteiger partial charge is 0.344 e. The van der Waals surface area contributed by atoms with Crippen molar-refractivity contribution in [2.45, 2.75) is 44.8 Å². The zero-order valence-electron chi connectivity index (χ0n) is 22.0. The number of aromatic nitrogens is 5. The molecule has 2 aromatic carbocycles. The van der Waals surface area contributed by atoms with Crippen LogP contribution in [0.1, 0.15) is 53.3 Å². The van der Waals surface area contributed by atoms with Gasteiger partial charge in [-0.1, -0.05) is 55.5 Å². The normalized spacial score (nSPS) is 16.7. The highest BCUT2D eigenvalue weighted by Crippen LogP contribution is 2.32. The molecule has 1 atom stereocenters.